The van der Waals surface area contributed by atoms with Crippen LogP contribution in [-0.2, 0) is 9.84 Å². The minimum atomic E-state index is -2.92. The third-order valence-electron chi connectivity index (χ3n) is 2.51. The van der Waals surface area contributed by atoms with E-state index in [2.05, 4.69) is 5.32 Å². The molecule has 1 atom stereocenters. The van der Waals surface area contributed by atoms with E-state index in [1.165, 1.54) is 0 Å². The lowest BCUT2D eigenvalue weighted by Crippen LogP contribution is -2.53. The van der Waals surface area contributed by atoms with Crippen LogP contribution in [0.25, 0.3) is 0 Å². The molecule has 5 heteroatoms. The van der Waals surface area contributed by atoms with Gasteiger partial charge in [-0.15, -0.1) is 0 Å². The fraction of sp³-hybridized carbons (Fsp3) is 0.600. The predicted molar refractivity (Wildman–Crippen MR) is 62.9 cm³/mol. The molecule has 1 unspecified atom stereocenters. The highest BCUT2D eigenvalue weighted by atomic mass is 32.2. The summed E-state index contributed by atoms with van der Waals surface area (Å²) in [5, 5.41) is 7.36. The summed E-state index contributed by atoms with van der Waals surface area (Å²) in [6, 6.07) is 1.93. The van der Waals surface area contributed by atoms with E-state index in [4.69, 9.17) is 0 Å². The summed E-state index contributed by atoms with van der Waals surface area (Å²) in [6.07, 6.45) is 0. The highest BCUT2D eigenvalue weighted by Crippen LogP contribution is 2.26. The van der Waals surface area contributed by atoms with Crippen molar-refractivity contribution in [2.75, 3.05) is 11.5 Å². The molecular weight excluding hydrogens is 230 g/mol. The van der Waals surface area contributed by atoms with Crippen molar-refractivity contribution in [2.45, 2.75) is 25.4 Å². The highest BCUT2D eigenvalue weighted by molar-refractivity contribution is 7.91. The van der Waals surface area contributed by atoms with E-state index in [9.17, 15) is 8.42 Å². The SMILES string of the molecule is CC1(C)CS(=O)(=O)CC(c2ccsc2)N1. The van der Waals surface area contributed by atoms with Gasteiger partial charge < -0.3 is 5.32 Å². The molecular formula is C10H15NO2S2. The standard InChI is InChI=1S/C10H15NO2S2/c1-10(2)7-15(12,13)6-9(11-10)8-3-4-14-5-8/h3-5,9,11H,6-7H2,1-2H3. The monoisotopic (exact) mass is 245 g/mol. The molecule has 1 saturated heterocycles. The van der Waals surface area contributed by atoms with Gasteiger partial charge in [-0.1, -0.05) is 0 Å². The molecule has 1 N–H and O–H groups in total. The molecule has 1 aliphatic heterocycles. The van der Waals surface area contributed by atoms with Gasteiger partial charge in [0.05, 0.1) is 11.5 Å². The van der Waals surface area contributed by atoms with Gasteiger partial charge in [0.25, 0.3) is 0 Å². The van der Waals surface area contributed by atoms with E-state index in [-0.39, 0.29) is 23.1 Å². The molecule has 0 aromatic carbocycles. The number of nitrogens with one attached hydrogen (secondary N) is 1. The molecule has 2 rings (SSSR count). The first kappa shape index (κ1) is 11.1. The molecule has 0 amide bonds. The van der Waals surface area contributed by atoms with Gasteiger partial charge in [-0.2, -0.15) is 11.3 Å². The Labute approximate surface area is 94.4 Å². The molecule has 0 saturated carbocycles. The van der Waals surface area contributed by atoms with Crippen molar-refractivity contribution in [3.05, 3.63) is 22.4 Å². The second-order valence-electron chi connectivity index (χ2n) is 4.69. The predicted octanol–water partition coefficient (Wildman–Crippen LogP) is 1.59. The van der Waals surface area contributed by atoms with Gasteiger partial charge in [0.1, 0.15) is 0 Å². The normalized spacial score (nSPS) is 28.8. The average Bonchev–Trinajstić information content (AvgIpc) is 2.48. The molecule has 0 bridgehead atoms. The van der Waals surface area contributed by atoms with Crippen LogP contribution in [0.2, 0.25) is 0 Å². The second kappa shape index (κ2) is 3.57. The first-order valence-electron chi connectivity index (χ1n) is 4.88. The van der Waals surface area contributed by atoms with Crippen molar-refractivity contribution in [1.29, 1.82) is 0 Å². The first-order valence-corrected chi connectivity index (χ1v) is 7.65. The molecule has 1 fully saturated rings. The van der Waals surface area contributed by atoms with E-state index in [0.29, 0.717) is 0 Å². The van der Waals surface area contributed by atoms with Gasteiger partial charge in [0, 0.05) is 11.6 Å². The van der Waals surface area contributed by atoms with Crippen LogP contribution in [0.5, 0.6) is 0 Å². The van der Waals surface area contributed by atoms with Crippen LogP contribution in [-0.4, -0.2) is 25.5 Å². The zero-order chi connectivity index (χ0) is 11.1. The Balaban J connectivity index is 2.29. The number of thiophene rings is 1. The smallest absolute Gasteiger partial charge is 0.153 e. The minimum Gasteiger partial charge on any atom is -0.303 e. The van der Waals surface area contributed by atoms with Crippen molar-refractivity contribution in [1.82, 2.24) is 5.32 Å². The lowest BCUT2D eigenvalue weighted by molar-refractivity contribution is 0.360. The fourth-order valence-corrected chi connectivity index (χ4v) is 4.87. The molecule has 15 heavy (non-hydrogen) atoms. The number of rotatable bonds is 1. The lowest BCUT2D eigenvalue weighted by atomic mass is 10.0. The summed E-state index contributed by atoms with van der Waals surface area (Å²) in [5.41, 5.74) is 0.750. The van der Waals surface area contributed by atoms with Crippen molar-refractivity contribution in [3.63, 3.8) is 0 Å². The van der Waals surface area contributed by atoms with E-state index < -0.39 is 9.84 Å². The molecule has 3 nitrogen and oxygen atoms in total. The van der Waals surface area contributed by atoms with E-state index in [0.717, 1.165) is 5.56 Å². The summed E-state index contributed by atoms with van der Waals surface area (Å²) >= 11 is 1.60. The van der Waals surface area contributed by atoms with Crippen LogP contribution in [0.15, 0.2) is 16.8 Å². The Bertz CT molecular complexity index is 434. The van der Waals surface area contributed by atoms with Gasteiger partial charge in [0.2, 0.25) is 0 Å². The highest BCUT2D eigenvalue weighted by Gasteiger charge is 2.36. The zero-order valence-corrected chi connectivity index (χ0v) is 10.5. The molecule has 0 radical (unpaired) electrons. The molecule has 2 heterocycles. The maximum atomic E-state index is 11.7. The molecule has 1 aromatic rings. The summed E-state index contributed by atoms with van der Waals surface area (Å²) in [6.45, 7) is 3.87. The topological polar surface area (TPSA) is 46.2 Å². The fourth-order valence-electron chi connectivity index (χ4n) is 2.07. The largest absolute Gasteiger partial charge is 0.303 e. The number of hydrogen-bond acceptors (Lipinski definition) is 4. The zero-order valence-electron chi connectivity index (χ0n) is 8.86. The van der Waals surface area contributed by atoms with Crippen molar-refractivity contribution < 1.29 is 8.42 Å². The summed E-state index contributed by atoms with van der Waals surface area (Å²) in [5.74, 6) is 0.438. The Kier molecular flexibility index (Phi) is 2.65. The molecule has 1 aliphatic rings. The second-order valence-corrected chi connectivity index (χ2v) is 7.58. The lowest BCUT2D eigenvalue weighted by Gasteiger charge is -2.36. The van der Waals surface area contributed by atoms with E-state index in [1.54, 1.807) is 11.3 Å². The van der Waals surface area contributed by atoms with E-state index in [1.807, 2.05) is 30.7 Å². The third kappa shape index (κ3) is 2.59. The number of sulfone groups is 1. The average molecular weight is 245 g/mol. The van der Waals surface area contributed by atoms with Gasteiger partial charge in [-0.25, -0.2) is 8.42 Å². The quantitative estimate of drug-likeness (QED) is 0.817. The van der Waals surface area contributed by atoms with Gasteiger partial charge in [0.15, 0.2) is 9.84 Å². The maximum absolute atomic E-state index is 11.7. The van der Waals surface area contributed by atoms with Crippen LogP contribution in [0, 0.1) is 0 Å². The summed E-state index contributed by atoms with van der Waals surface area (Å²) < 4.78 is 23.5. The Hall–Kier alpha value is -0.390. The Morgan fingerprint density at radius 1 is 1.53 bits per heavy atom. The van der Waals surface area contributed by atoms with Crippen molar-refractivity contribution in [2.24, 2.45) is 0 Å². The molecule has 0 aliphatic carbocycles. The molecule has 1 aromatic heterocycles. The van der Waals surface area contributed by atoms with E-state index >= 15 is 0 Å². The van der Waals surface area contributed by atoms with Gasteiger partial charge >= 0.3 is 0 Å². The minimum absolute atomic E-state index is 0.0509. The van der Waals surface area contributed by atoms with Crippen LogP contribution in [0.1, 0.15) is 25.5 Å². The Morgan fingerprint density at radius 2 is 2.27 bits per heavy atom. The van der Waals surface area contributed by atoms with Crippen LogP contribution in [0.3, 0.4) is 0 Å². The third-order valence-corrected chi connectivity index (χ3v) is 5.22. The Morgan fingerprint density at radius 3 is 2.80 bits per heavy atom. The van der Waals surface area contributed by atoms with Crippen molar-refractivity contribution >= 4 is 21.2 Å². The van der Waals surface area contributed by atoms with Crippen LogP contribution >= 0.6 is 11.3 Å². The number of hydrogen-bond donors (Lipinski definition) is 1. The van der Waals surface area contributed by atoms with Gasteiger partial charge in [-0.05, 0) is 36.2 Å². The summed E-state index contributed by atoms with van der Waals surface area (Å²) in [7, 11) is -2.92. The first-order chi connectivity index (χ1) is 6.88. The molecule has 0 spiro atoms. The van der Waals surface area contributed by atoms with Crippen LogP contribution in [0.4, 0.5) is 0 Å². The molecule has 84 valence electrons. The van der Waals surface area contributed by atoms with Gasteiger partial charge in [-0.3, -0.25) is 0 Å². The summed E-state index contributed by atoms with van der Waals surface area (Å²) in [4.78, 5) is 0. The van der Waals surface area contributed by atoms with Crippen molar-refractivity contribution in [3.8, 4) is 0 Å². The maximum Gasteiger partial charge on any atom is 0.153 e. The van der Waals surface area contributed by atoms with Crippen LogP contribution < -0.4 is 5.32 Å².